The Morgan fingerprint density at radius 2 is 2.21 bits per heavy atom. The van der Waals surface area contributed by atoms with Gasteiger partial charge in [0.2, 0.25) is 0 Å². The molecule has 0 aromatic rings. The molecule has 2 atom stereocenters. The summed E-state index contributed by atoms with van der Waals surface area (Å²) in [6.45, 7) is 2.14. The molecule has 0 spiro atoms. The molecule has 14 heavy (non-hydrogen) atoms. The number of piperidine rings is 1. The minimum absolute atomic E-state index is 0.126. The molecule has 0 bridgehead atoms. The van der Waals surface area contributed by atoms with Crippen molar-refractivity contribution in [1.29, 1.82) is 0 Å². The molecule has 0 aliphatic carbocycles. The highest BCUT2D eigenvalue weighted by molar-refractivity contribution is 7.86. The summed E-state index contributed by atoms with van der Waals surface area (Å²) in [5.74, 6) is 0. The van der Waals surface area contributed by atoms with Crippen LogP contribution in [0.5, 0.6) is 0 Å². The summed E-state index contributed by atoms with van der Waals surface area (Å²) in [4.78, 5) is 0. The molecule has 5 nitrogen and oxygen atoms in total. The van der Waals surface area contributed by atoms with E-state index in [9.17, 15) is 13.5 Å². The summed E-state index contributed by atoms with van der Waals surface area (Å²) in [7, 11) is -3.60. The average molecular weight is 222 g/mol. The monoisotopic (exact) mass is 222 g/mol. The van der Waals surface area contributed by atoms with Gasteiger partial charge in [0.1, 0.15) is 0 Å². The van der Waals surface area contributed by atoms with E-state index in [-0.39, 0.29) is 6.04 Å². The molecule has 3 N–H and O–H groups in total. The lowest BCUT2D eigenvalue weighted by Gasteiger charge is -2.33. The van der Waals surface area contributed by atoms with Crippen LogP contribution in [0.25, 0.3) is 0 Å². The first kappa shape index (κ1) is 11.9. The molecule has 1 heterocycles. The molecule has 1 fully saturated rings. The molecule has 1 rings (SSSR count). The van der Waals surface area contributed by atoms with Gasteiger partial charge in [-0.2, -0.15) is 12.7 Å². The van der Waals surface area contributed by atoms with Gasteiger partial charge in [0.15, 0.2) is 0 Å². The van der Waals surface area contributed by atoms with Crippen LogP contribution in [0.4, 0.5) is 0 Å². The summed E-state index contributed by atoms with van der Waals surface area (Å²) in [5.41, 5.74) is 0. The lowest BCUT2D eigenvalue weighted by atomic mass is 10.00. The van der Waals surface area contributed by atoms with E-state index in [1.54, 1.807) is 6.92 Å². The van der Waals surface area contributed by atoms with Gasteiger partial charge in [-0.3, -0.25) is 0 Å². The van der Waals surface area contributed by atoms with Gasteiger partial charge in [0.05, 0.1) is 6.10 Å². The molecule has 0 saturated carbocycles. The minimum Gasteiger partial charge on any atom is -0.393 e. The highest BCUT2D eigenvalue weighted by Gasteiger charge is 2.30. The first-order valence-electron chi connectivity index (χ1n) is 4.89. The fraction of sp³-hybridized carbons (Fsp3) is 1.00. The van der Waals surface area contributed by atoms with Crippen LogP contribution in [0.1, 0.15) is 32.6 Å². The van der Waals surface area contributed by atoms with Crippen LogP contribution in [0.2, 0.25) is 0 Å². The summed E-state index contributed by atoms with van der Waals surface area (Å²) >= 11 is 0. The first-order valence-corrected chi connectivity index (χ1v) is 6.39. The quantitative estimate of drug-likeness (QED) is 0.694. The van der Waals surface area contributed by atoms with Crippen LogP contribution in [-0.2, 0) is 10.2 Å². The standard InChI is InChI=1S/C8H18N2O3S/c1-7(11)6-8-4-2-3-5-10(8)14(9,12)13/h7-8,11H,2-6H2,1H3,(H2,9,12,13). The molecule has 1 aliphatic rings. The largest absolute Gasteiger partial charge is 0.393 e. The van der Waals surface area contributed by atoms with Gasteiger partial charge in [-0.25, -0.2) is 5.14 Å². The number of aliphatic hydroxyl groups excluding tert-OH is 1. The Hall–Kier alpha value is -0.170. The van der Waals surface area contributed by atoms with Gasteiger partial charge in [0, 0.05) is 12.6 Å². The highest BCUT2D eigenvalue weighted by Crippen LogP contribution is 2.22. The third kappa shape index (κ3) is 3.20. The van der Waals surface area contributed by atoms with Crippen molar-refractivity contribution >= 4 is 10.2 Å². The van der Waals surface area contributed by atoms with E-state index in [1.807, 2.05) is 0 Å². The number of rotatable bonds is 3. The molecule has 1 aliphatic heterocycles. The van der Waals surface area contributed by atoms with Gasteiger partial charge in [0.25, 0.3) is 10.2 Å². The molecule has 0 amide bonds. The Morgan fingerprint density at radius 3 is 2.71 bits per heavy atom. The van der Waals surface area contributed by atoms with E-state index < -0.39 is 16.3 Å². The molecule has 0 aromatic carbocycles. The molecule has 2 unspecified atom stereocenters. The highest BCUT2D eigenvalue weighted by atomic mass is 32.2. The first-order chi connectivity index (χ1) is 6.41. The van der Waals surface area contributed by atoms with E-state index >= 15 is 0 Å². The molecule has 84 valence electrons. The van der Waals surface area contributed by atoms with Crippen molar-refractivity contribution in [2.24, 2.45) is 5.14 Å². The molecular weight excluding hydrogens is 204 g/mol. The topological polar surface area (TPSA) is 83.6 Å². The van der Waals surface area contributed by atoms with E-state index in [4.69, 9.17) is 5.14 Å². The second-order valence-electron chi connectivity index (χ2n) is 3.89. The van der Waals surface area contributed by atoms with Crippen LogP contribution in [-0.4, -0.2) is 36.5 Å². The van der Waals surface area contributed by atoms with Crippen LogP contribution in [0, 0.1) is 0 Å². The predicted molar refractivity (Wildman–Crippen MR) is 53.8 cm³/mol. The van der Waals surface area contributed by atoms with Crippen molar-refractivity contribution in [2.45, 2.75) is 44.8 Å². The van der Waals surface area contributed by atoms with Crippen LogP contribution < -0.4 is 5.14 Å². The van der Waals surface area contributed by atoms with Crippen LogP contribution in [0.3, 0.4) is 0 Å². The molecular formula is C8H18N2O3S. The zero-order valence-corrected chi connectivity index (χ0v) is 9.20. The van der Waals surface area contributed by atoms with Gasteiger partial charge in [-0.1, -0.05) is 6.42 Å². The lowest BCUT2D eigenvalue weighted by Crippen LogP contribution is -2.47. The maximum absolute atomic E-state index is 11.2. The van der Waals surface area contributed by atoms with E-state index in [0.29, 0.717) is 13.0 Å². The third-order valence-electron chi connectivity index (χ3n) is 2.51. The fourth-order valence-corrected chi connectivity index (χ4v) is 2.93. The van der Waals surface area contributed by atoms with Gasteiger partial charge < -0.3 is 5.11 Å². The minimum atomic E-state index is -3.60. The molecule has 0 radical (unpaired) electrons. The normalized spacial score (nSPS) is 27.5. The molecule has 6 heteroatoms. The van der Waals surface area contributed by atoms with E-state index in [2.05, 4.69) is 0 Å². The second kappa shape index (κ2) is 4.57. The second-order valence-corrected chi connectivity index (χ2v) is 5.39. The number of nitrogens with zero attached hydrogens (tertiary/aromatic N) is 1. The SMILES string of the molecule is CC(O)CC1CCCCN1S(N)(=O)=O. The Morgan fingerprint density at radius 1 is 1.57 bits per heavy atom. The predicted octanol–water partition coefficient (Wildman–Crippen LogP) is -0.185. The number of hydrogen-bond acceptors (Lipinski definition) is 3. The van der Waals surface area contributed by atoms with Crippen molar-refractivity contribution in [1.82, 2.24) is 4.31 Å². The zero-order chi connectivity index (χ0) is 10.8. The van der Waals surface area contributed by atoms with Gasteiger partial charge in [-0.05, 0) is 26.2 Å². The van der Waals surface area contributed by atoms with Crippen molar-refractivity contribution in [2.75, 3.05) is 6.54 Å². The van der Waals surface area contributed by atoms with Crippen LogP contribution >= 0.6 is 0 Å². The van der Waals surface area contributed by atoms with Gasteiger partial charge >= 0.3 is 0 Å². The molecule has 1 saturated heterocycles. The van der Waals surface area contributed by atoms with E-state index in [1.165, 1.54) is 4.31 Å². The van der Waals surface area contributed by atoms with Gasteiger partial charge in [-0.15, -0.1) is 0 Å². The maximum Gasteiger partial charge on any atom is 0.277 e. The summed E-state index contributed by atoms with van der Waals surface area (Å²) in [5, 5.41) is 14.3. The summed E-state index contributed by atoms with van der Waals surface area (Å²) in [6, 6.07) is -0.126. The number of hydrogen-bond donors (Lipinski definition) is 2. The molecule has 0 aromatic heterocycles. The Balaban J connectivity index is 2.69. The number of nitrogens with two attached hydrogens (primary N) is 1. The average Bonchev–Trinajstić information content (AvgIpc) is 2.01. The Kier molecular flexibility index (Phi) is 3.88. The van der Waals surface area contributed by atoms with Crippen molar-refractivity contribution in [3.05, 3.63) is 0 Å². The zero-order valence-electron chi connectivity index (χ0n) is 8.39. The Bertz CT molecular complexity index is 276. The summed E-state index contributed by atoms with van der Waals surface area (Å²) in [6.07, 6.45) is 2.64. The third-order valence-corrected chi connectivity index (χ3v) is 3.65. The smallest absolute Gasteiger partial charge is 0.277 e. The van der Waals surface area contributed by atoms with Crippen LogP contribution in [0.15, 0.2) is 0 Å². The van der Waals surface area contributed by atoms with Crippen molar-refractivity contribution in [3.63, 3.8) is 0 Å². The number of aliphatic hydroxyl groups is 1. The van der Waals surface area contributed by atoms with Crippen molar-refractivity contribution < 1.29 is 13.5 Å². The summed E-state index contributed by atoms with van der Waals surface area (Å²) < 4.78 is 23.7. The fourth-order valence-electron chi connectivity index (χ4n) is 1.94. The van der Waals surface area contributed by atoms with Crippen molar-refractivity contribution in [3.8, 4) is 0 Å². The van der Waals surface area contributed by atoms with E-state index in [0.717, 1.165) is 19.3 Å². The Labute approximate surface area is 85.1 Å². The maximum atomic E-state index is 11.2. The lowest BCUT2D eigenvalue weighted by molar-refractivity contribution is 0.132.